The molecule has 1 amide bonds. The molecule has 0 fully saturated rings. The number of benzene rings is 1. The van der Waals surface area contributed by atoms with Crippen molar-refractivity contribution in [2.75, 3.05) is 25.1 Å². The number of ether oxygens (including phenoxy) is 2. The van der Waals surface area contributed by atoms with E-state index in [0.29, 0.717) is 12.3 Å². The van der Waals surface area contributed by atoms with Crippen molar-refractivity contribution in [1.82, 2.24) is 0 Å². The Morgan fingerprint density at radius 1 is 1.28 bits per heavy atom. The molecule has 0 saturated carbocycles. The second-order valence-electron chi connectivity index (χ2n) is 3.72. The molecule has 0 radical (unpaired) electrons. The molecule has 0 aromatic heterocycles. The Hall–Kier alpha value is -1.88. The van der Waals surface area contributed by atoms with Crippen molar-refractivity contribution in [2.45, 2.75) is 13.8 Å². The molecule has 1 rings (SSSR count). The molecule has 5 nitrogen and oxygen atoms in total. The quantitative estimate of drug-likeness (QED) is 0.778. The highest BCUT2D eigenvalue weighted by atomic mass is 16.6. The van der Waals surface area contributed by atoms with Gasteiger partial charge in [0.15, 0.2) is 0 Å². The van der Waals surface area contributed by atoms with Gasteiger partial charge in [0.05, 0.1) is 6.61 Å². The second-order valence-corrected chi connectivity index (χ2v) is 3.72. The zero-order valence-electron chi connectivity index (χ0n) is 10.6. The summed E-state index contributed by atoms with van der Waals surface area (Å²) in [6, 6.07) is 7.43. The molecule has 0 bridgehead atoms. The third-order valence-electron chi connectivity index (χ3n) is 2.06. The Morgan fingerprint density at radius 2 is 2.06 bits per heavy atom. The van der Waals surface area contributed by atoms with E-state index in [1.807, 2.05) is 25.1 Å². The predicted octanol–water partition coefficient (Wildman–Crippen LogP) is 1.51. The molecule has 0 atom stereocenters. The fourth-order valence-corrected chi connectivity index (χ4v) is 1.35. The van der Waals surface area contributed by atoms with Gasteiger partial charge in [-0.2, -0.15) is 0 Å². The van der Waals surface area contributed by atoms with Gasteiger partial charge in [0.2, 0.25) is 5.91 Å². The average Bonchev–Trinajstić information content (AvgIpc) is 2.29. The smallest absolute Gasteiger partial charge is 0.332 e. The molecule has 1 aromatic carbocycles. The van der Waals surface area contributed by atoms with E-state index in [2.05, 4.69) is 10.1 Å². The van der Waals surface area contributed by atoms with Crippen LogP contribution < -0.4 is 5.32 Å². The molecule has 0 saturated heterocycles. The number of carbonyl (C=O) groups is 2. The van der Waals surface area contributed by atoms with E-state index in [1.165, 1.54) is 0 Å². The summed E-state index contributed by atoms with van der Waals surface area (Å²) in [7, 11) is 0. The molecular weight excluding hydrogens is 234 g/mol. The minimum Gasteiger partial charge on any atom is -0.464 e. The highest BCUT2D eigenvalue weighted by molar-refractivity contribution is 5.91. The Morgan fingerprint density at radius 3 is 2.72 bits per heavy atom. The van der Waals surface area contributed by atoms with Gasteiger partial charge in [-0.05, 0) is 31.5 Å². The van der Waals surface area contributed by atoms with E-state index in [9.17, 15) is 9.59 Å². The first kappa shape index (κ1) is 14.2. The van der Waals surface area contributed by atoms with Crippen molar-refractivity contribution in [3.63, 3.8) is 0 Å². The number of hydrogen-bond donors (Lipinski definition) is 1. The second kappa shape index (κ2) is 7.45. The van der Waals surface area contributed by atoms with E-state index in [0.717, 1.165) is 5.56 Å². The number of nitrogens with one attached hydrogen (secondary N) is 1. The first-order valence-electron chi connectivity index (χ1n) is 5.71. The summed E-state index contributed by atoms with van der Waals surface area (Å²) in [4.78, 5) is 22.4. The van der Waals surface area contributed by atoms with Crippen LogP contribution in [0, 0.1) is 6.92 Å². The van der Waals surface area contributed by atoms with E-state index in [-0.39, 0.29) is 19.1 Å². The van der Waals surface area contributed by atoms with Crippen molar-refractivity contribution in [2.24, 2.45) is 0 Å². The molecule has 1 aromatic rings. The van der Waals surface area contributed by atoms with Crippen molar-refractivity contribution in [3.05, 3.63) is 29.8 Å². The Bertz CT molecular complexity index is 417. The van der Waals surface area contributed by atoms with Crippen LogP contribution in [-0.2, 0) is 19.1 Å². The van der Waals surface area contributed by atoms with Crippen molar-refractivity contribution in [3.8, 4) is 0 Å². The molecule has 18 heavy (non-hydrogen) atoms. The molecule has 5 heteroatoms. The molecule has 0 aliphatic carbocycles. The van der Waals surface area contributed by atoms with Gasteiger partial charge in [0, 0.05) is 5.69 Å². The Labute approximate surface area is 106 Å². The minimum atomic E-state index is -0.471. The summed E-state index contributed by atoms with van der Waals surface area (Å²) < 4.78 is 9.59. The maximum Gasteiger partial charge on any atom is 0.332 e. The topological polar surface area (TPSA) is 64.6 Å². The highest BCUT2D eigenvalue weighted by Crippen LogP contribution is 2.08. The summed E-state index contributed by atoms with van der Waals surface area (Å²) >= 11 is 0. The van der Waals surface area contributed by atoms with Crippen molar-refractivity contribution in [1.29, 1.82) is 0 Å². The summed E-state index contributed by atoms with van der Waals surface area (Å²) in [5, 5.41) is 2.67. The largest absolute Gasteiger partial charge is 0.464 e. The first-order valence-corrected chi connectivity index (χ1v) is 5.71. The minimum absolute atomic E-state index is 0.174. The summed E-state index contributed by atoms with van der Waals surface area (Å²) in [6.45, 7) is 3.56. The van der Waals surface area contributed by atoms with Crippen LogP contribution in [0.1, 0.15) is 12.5 Å². The van der Waals surface area contributed by atoms with Crippen LogP contribution in [0.15, 0.2) is 24.3 Å². The number of hydrogen-bond acceptors (Lipinski definition) is 4. The lowest BCUT2D eigenvalue weighted by Gasteiger charge is -2.06. The van der Waals surface area contributed by atoms with Crippen molar-refractivity contribution < 1.29 is 19.1 Å². The fourth-order valence-electron chi connectivity index (χ4n) is 1.35. The monoisotopic (exact) mass is 251 g/mol. The number of aryl methyl sites for hydroxylation is 1. The Balaban J connectivity index is 2.28. The number of rotatable bonds is 6. The maximum absolute atomic E-state index is 11.5. The maximum atomic E-state index is 11.5. The first-order chi connectivity index (χ1) is 8.61. The zero-order chi connectivity index (χ0) is 13.4. The average molecular weight is 251 g/mol. The highest BCUT2D eigenvalue weighted by Gasteiger charge is 2.06. The van der Waals surface area contributed by atoms with Gasteiger partial charge in [-0.15, -0.1) is 0 Å². The summed E-state index contributed by atoms with van der Waals surface area (Å²) in [5.41, 5.74) is 1.76. The van der Waals surface area contributed by atoms with Crippen LogP contribution in [0.25, 0.3) is 0 Å². The van der Waals surface area contributed by atoms with Gasteiger partial charge in [-0.1, -0.05) is 12.1 Å². The molecule has 0 aliphatic rings. The van der Waals surface area contributed by atoms with E-state index >= 15 is 0 Å². The lowest BCUT2D eigenvalue weighted by molar-refractivity contribution is -0.149. The standard InChI is InChI=1S/C13H17NO4/c1-3-18-13(16)9-17-8-12(15)14-11-6-4-5-10(2)7-11/h4-7H,3,8-9H2,1-2H3,(H,14,15). The van der Waals surface area contributed by atoms with Crippen LogP contribution in [0.3, 0.4) is 0 Å². The van der Waals surface area contributed by atoms with E-state index in [1.54, 1.807) is 13.0 Å². The van der Waals surface area contributed by atoms with Gasteiger partial charge in [0.1, 0.15) is 13.2 Å². The molecule has 0 heterocycles. The van der Waals surface area contributed by atoms with E-state index < -0.39 is 5.97 Å². The molecule has 0 spiro atoms. The predicted molar refractivity (Wildman–Crippen MR) is 67.3 cm³/mol. The molecule has 1 N–H and O–H groups in total. The van der Waals surface area contributed by atoms with Gasteiger partial charge < -0.3 is 14.8 Å². The fraction of sp³-hybridized carbons (Fsp3) is 0.385. The zero-order valence-corrected chi connectivity index (χ0v) is 10.6. The van der Waals surface area contributed by atoms with Gasteiger partial charge in [-0.25, -0.2) is 4.79 Å². The number of anilines is 1. The normalized spacial score (nSPS) is 9.89. The summed E-state index contributed by atoms with van der Waals surface area (Å²) in [6.07, 6.45) is 0. The van der Waals surface area contributed by atoms with Gasteiger partial charge in [-0.3, -0.25) is 4.79 Å². The Kier molecular flexibility index (Phi) is 5.87. The van der Waals surface area contributed by atoms with Crippen molar-refractivity contribution >= 4 is 17.6 Å². The number of carbonyl (C=O) groups excluding carboxylic acids is 2. The van der Waals surface area contributed by atoms with Gasteiger partial charge >= 0.3 is 5.97 Å². The van der Waals surface area contributed by atoms with E-state index in [4.69, 9.17) is 4.74 Å². The lowest BCUT2D eigenvalue weighted by atomic mass is 10.2. The molecular formula is C13H17NO4. The van der Waals surface area contributed by atoms with Crippen LogP contribution >= 0.6 is 0 Å². The number of esters is 1. The third-order valence-corrected chi connectivity index (χ3v) is 2.06. The third kappa shape index (κ3) is 5.45. The number of amides is 1. The molecule has 0 unspecified atom stereocenters. The van der Waals surface area contributed by atoms with Crippen LogP contribution in [0.5, 0.6) is 0 Å². The van der Waals surface area contributed by atoms with Gasteiger partial charge in [0.25, 0.3) is 0 Å². The van der Waals surface area contributed by atoms with Crippen LogP contribution in [0.4, 0.5) is 5.69 Å². The molecule has 98 valence electrons. The lowest BCUT2D eigenvalue weighted by Crippen LogP contribution is -2.21. The molecule has 0 aliphatic heterocycles. The van der Waals surface area contributed by atoms with Crippen LogP contribution in [0.2, 0.25) is 0 Å². The van der Waals surface area contributed by atoms with Crippen LogP contribution in [-0.4, -0.2) is 31.7 Å². The summed E-state index contributed by atoms with van der Waals surface area (Å²) in [5.74, 6) is -0.772. The SMILES string of the molecule is CCOC(=O)COCC(=O)Nc1cccc(C)c1.